The molecule has 214 valence electrons. The first-order chi connectivity index (χ1) is 18.8. The van der Waals surface area contributed by atoms with E-state index in [9.17, 15) is 9.59 Å². The van der Waals surface area contributed by atoms with Crippen molar-refractivity contribution in [2.45, 2.75) is 62.3 Å². The Kier molecular flexibility index (Phi) is 14.3. The normalized spacial score (nSPS) is 11.8. The summed E-state index contributed by atoms with van der Waals surface area (Å²) in [5.41, 5.74) is 9.28. The molecule has 1 amide bonds. The highest BCUT2D eigenvalue weighted by atomic mass is 16.5. The first kappa shape index (κ1) is 34.0. The van der Waals surface area contributed by atoms with Crippen molar-refractivity contribution >= 4 is 28.8 Å². The minimum absolute atomic E-state index is 0.0120. The number of hydrogen-bond donors (Lipinski definition) is 0. The fraction of sp³-hybridized carbons (Fsp3) is 0.353. The molecule has 0 radical (unpaired) electrons. The largest absolute Gasteiger partial charge is 0.484 e. The third-order valence-electron chi connectivity index (χ3n) is 5.82. The van der Waals surface area contributed by atoms with Gasteiger partial charge >= 0.3 is 0 Å². The van der Waals surface area contributed by atoms with Gasteiger partial charge in [0.2, 0.25) is 0 Å². The Balaban J connectivity index is 0.000000552. The van der Waals surface area contributed by atoms with Gasteiger partial charge in [-0.15, -0.1) is 0 Å². The second-order valence-corrected chi connectivity index (χ2v) is 10.1. The molecule has 0 N–H and O–H groups in total. The number of allylic oxidation sites excluding steroid dienone is 5. The van der Waals surface area contributed by atoms with Gasteiger partial charge < -0.3 is 9.64 Å². The van der Waals surface area contributed by atoms with E-state index in [0.717, 1.165) is 33.8 Å². The molecule has 6 heteroatoms. The zero-order valence-electron chi connectivity index (χ0n) is 26.0. The summed E-state index contributed by atoms with van der Waals surface area (Å²) in [6.07, 6.45) is 8.79. The molecule has 0 heterocycles. The molecule has 0 atom stereocenters. The number of Topliss-reactive ketones (excluding diaryl/α,β-unsaturated/α-hetero) is 1. The van der Waals surface area contributed by atoms with Gasteiger partial charge in [-0.05, 0) is 115 Å². The van der Waals surface area contributed by atoms with Crippen molar-refractivity contribution in [2.24, 2.45) is 9.98 Å². The molecule has 0 spiro atoms. The van der Waals surface area contributed by atoms with Gasteiger partial charge in [-0.2, -0.15) is 0 Å². The smallest absolute Gasteiger partial charge is 0.259 e. The van der Waals surface area contributed by atoms with Gasteiger partial charge in [0, 0.05) is 42.9 Å². The molecule has 0 aliphatic carbocycles. The fourth-order valence-electron chi connectivity index (χ4n) is 3.77. The van der Waals surface area contributed by atoms with Crippen LogP contribution in [0.3, 0.4) is 0 Å². The first-order valence-corrected chi connectivity index (χ1v) is 13.3. The van der Waals surface area contributed by atoms with E-state index in [1.165, 1.54) is 23.0 Å². The maximum atomic E-state index is 11.7. The number of amides is 1. The van der Waals surface area contributed by atoms with Gasteiger partial charge in [-0.25, -0.2) is 0 Å². The average molecular weight is 544 g/mol. The van der Waals surface area contributed by atoms with Crippen molar-refractivity contribution in [3.05, 3.63) is 94.2 Å². The number of benzene rings is 2. The van der Waals surface area contributed by atoms with Crippen LogP contribution in [0.4, 0.5) is 5.69 Å². The minimum atomic E-state index is -0.0850. The second-order valence-electron chi connectivity index (χ2n) is 10.1. The lowest BCUT2D eigenvalue weighted by Gasteiger charge is -2.14. The third-order valence-corrected chi connectivity index (χ3v) is 5.82. The van der Waals surface area contributed by atoms with Crippen LogP contribution >= 0.6 is 0 Å². The number of ketones is 1. The molecular formula is C34H45N3O3. The van der Waals surface area contributed by atoms with E-state index in [4.69, 9.17) is 4.74 Å². The molecule has 0 aliphatic rings. The molecule has 2 rings (SSSR count). The lowest BCUT2D eigenvalue weighted by molar-refractivity contribution is -0.130. The fourth-order valence-corrected chi connectivity index (χ4v) is 3.77. The highest BCUT2D eigenvalue weighted by molar-refractivity contribution is 6.02. The predicted octanol–water partition coefficient (Wildman–Crippen LogP) is 7.60. The van der Waals surface area contributed by atoms with E-state index < -0.39 is 0 Å². The maximum Gasteiger partial charge on any atom is 0.259 e. The number of likely N-dealkylation sites (N-methyl/N-ethyl adjacent to an activating group) is 1. The summed E-state index contributed by atoms with van der Waals surface area (Å²) in [6.45, 7) is 17.6. The first-order valence-electron chi connectivity index (χ1n) is 13.3. The van der Waals surface area contributed by atoms with Crippen molar-refractivity contribution in [1.29, 1.82) is 0 Å². The van der Waals surface area contributed by atoms with Gasteiger partial charge in [0.1, 0.15) is 5.75 Å². The summed E-state index contributed by atoms with van der Waals surface area (Å²) < 4.78 is 5.60. The molecule has 0 aliphatic heterocycles. The Morgan fingerprint density at radius 3 is 2.08 bits per heavy atom. The lowest BCUT2D eigenvalue weighted by Crippen LogP contribution is -2.27. The summed E-state index contributed by atoms with van der Waals surface area (Å²) in [5.74, 6) is 0.592. The minimum Gasteiger partial charge on any atom is -0.484 e. The molecule has 0 aromatic heterocycles. The van der Waals surface area contributed by atoms with Crippen molar-refractivity contribution in [2.75, 3.05) is 20.7 Å². The van der Waals surface area contributed by atoms with E-state index in [1.807, 2.05) is 59.8 Å². The molecule has 40 heavy (non-hydrogen) atoms. The van der Waals surface area contributed by atoms with Crippen molar-refractivity contribution in [3.8, 4) is 5.75 Å². The summed E-state index contributed by atoms with van der Waals surface area (Å²) >= 11 is 0. The predicted molar refractivity (Wildman–Crippen MR) is 169 cm³/mol. The van der Waals surface area contributed by atoms with Crippen LogP contribution in [-0.4, -0.2) is 48.7 Å². The summed E-state index contributed by atoms with van der Waals surface area (Å²) in [4.78, 5) is 33.6. The van der Waals surface area contributed by atoms with Crippen LogP contribution in [-0.2, 0) is 9.59 Å². The van der Waals surface area contributed by atoms with E-state index in [2.05, 4.69) is 42.0 Å². The molecule has 0 saturated heterocycles. The van der Waals surface area contributed by atoms with Gasteiger partial charge in [0.25, 0.3) is 5.91 Å². The van der Waals surface area contributed by atoms with Crippen LogP contribution in [0.5, 0.6) is 5.75 Å². The number of rotatable bonds is 9. The van der Waals surface area contributed by atoms with Gasteiger partial charge in [-0.1, -0.05) is 24.3 Å². The van der Waals surface area contributed by atoms with Crippen LogP contribution in [0.25, 0.3) is 0 Å². The van der Waals surface area contributed by atoms with Crippen LogP contribution in [0, 0.1) is 27.7 Å². The number of ether oxygens (including phenoxy) is 1. The third kappa shape index (κ3) is 11.8. The highest BCUT2D eigenvalue weighted by Crippen LogP contribution is 2.23. The summed E-state index contributed by atoms with van der Waals surface area (Å²) in [5, 5.41) is 0. The van der Waals surface area contributed by atoms with Gasteiger partial charge in [0.05, 0.1) is 5.69 Å². The van der Waals surface area contributed by atoms with Crippen molar-refractivity contribution < 1.29 is 14.3 Å². The Bertz CT molecular complexity index is 1320. The van der Waals surface area contributed by atoms with Crippen molar-refractivity contribution in [3.63, 3.8) is 0 Å². The van der Waals surface area contributed by atoms with E-state index in [0.29, 0.717) is 11.3 Å². The molecule has 2 aromatic rings. The molecular weight excluding hydrogens is 498 g/mol. The maximum absolute atomic E-state index is 11.7. The van der Waals surface area contributed by atoms with Crippen LogP contribution in [0.2, 0.25) is 0 Å². The monoisotopic (exact) mass is 543 g/mol. The Labute approximate surface area is 240 Å². The van der Waals surface area contributed by atoms with Gasteiger partial charge in [0.15, 0.2) is 12.4 Å². The van der Waals surface area contributed by atoms with E-state index >= 15 is 0 Å². The number of aryl methyl sites for hydroxylation is 4. The van der Waals surface area contributed by atoms with Crippen LogP contribution in [0.1, 0.15) is 62.4 Å². The number of hydrogen-bond acceptors (Lipinski definition) is 5. The number of carbonyl (C=O) groups excluding carboxylic acids is 2. The lowest BCUT2D eigenvalue weighted by atomic mass is 9.99. The summed E-state index contributed by atoms with van der Waals surface area (Å²) in [7, 11) is 3.40. The Morgan fingerprint density at radius 1 is 0.925 bits per heavy atom. The van der Waals surface area contributed by atoms with Gasteiger partial charge in [-0.3, -0.25) is 19.6 Å². The number of aliphatic imine (C=N–C) groups is 2. The zero-order valence-corrected chi connectivity index (χ0v) is 26.0. The molecule has 0 fully saturated rings. The zero-order chi connectivity index (χ0) is 30.4. The topological polar surface area (TPSA) is 71.3 Å². The molecule has 0 bridgehead atoms. The van der Waals surface area contributed by atoms with Crippen molar-refractivity contribution in [1.82, 2.24) is 4.90 Å². The highest BCUT2D eigenvalue weighted by Gasteiger charge is 2.10. The SMILES string of the molecule is C/C=C/C(=C\C=C\N=C(C)c1c(C)cc(OCC(=O)N(C)C)cc1C)C(C)=O.CC(C)=Nc1cc(C)ccc1C. The number of nitrogens with zero attached hydrogens (tertiary/aromatic N) is 3. The van der Waals surface area contributed by atoms with Crippen LogP contribution in [0.15, 0.2) is 76.4 Å². The molecule has 6 nitrogen and oxygen atoms in total. The van der Waals surface area contributed by atoms with Crippen LogP contribution < -0.4 is 4.74 Å². The molecule has 2 aromatic carbocycles. The average Bonchev–Trinajstić information content (AvgIpc) is 2.86. The van der Waals surface area contributed by atoms with E-state index in [-0.39, 0.29) is 18.3 Å². The summed E-state index contributed by atoms with van der Waals surface area (Å²) in [6, 6.07) is 10.2. The standard InChI is InChI=1S/C23H30N2O3.C11H15N/c1-8-10-20(19(5)26)11-9-12-24-18(4)23-16(2)13-21(14-17(23)3)28-15-22(27)25(6)7;1-8(2)12-11-7-9(3)5-6-10(11)4/h8-14H,15H2,1-7H3;5-7H,1-4H3/b10-8+,12-9+,20-11+,24-18?;. The Hall–Kier alpha value is -4.06. The number of carbonyl (C=O) groups is 2. The molecule has 0 unspecified atom stereocenters. The molecule has 0 saturated carbocycles. The van der Waals surface area contributed by atoms with E-state index in [1.54, 1.807) is 38.5 Å². The quantitative estimate of drug-likeness (QED) is 0.186. The Morgan fingerprint density at radius 2 is 1.55 bits per heavy atom. The second kappa shape index (κ2) is 16.8.